The first kappa shape index (κ1) is 21.1. The van der Waals surface area contributed by atoms with E-state index in [0.29, 0.717) is 48.4 Å². The largest absolute Gasteiger partial charge is 0.493 e. The summed E-state index contributed by atoms with van der Waals surface area (Å²) in [7, 11) is 3.06. The van der Waals surface area contributed by atoms with E-state index in [0.717, 1.165) is 11.8 Å². The highest BCUT2D eigenvalue weighted by molar-refractivity contribution is 8.27. The molecule has 3 aliphatic heterocycles. The molecule has 0 bridgehead atoms. The van der Waals surface area contributed by atoms with Gasteiger partial charge in [0, 0.05) is 13.1 Å². The van der Waals surface area contributed by atoms with Crippen molar-refractivity contribution in [3.8, 4) is 11.5 Å². The molecular formula is C20H21N5O5S. The summed E-state index contributed by atoms with van der Waals surface area (Å²) in [5, 5.41) is 14.9. The van der Waals surface area contributed by atoms with Crippen LogP contribution in [0.15, 0.2) is 33.9 Å². The van der Waals surface area contributed by atoms with Gasteiger partial charge < -0.3 is 19.1 Å². The molecule has 10 nitrogen and oxygen atoms in total. The Morgan fingerprint density at radius 3 is 2.71 bits per heavy atom. The number of carbonyl (C=O) groups excluding carboxylic acids is 2. The van der Waals surface area contributed by atoms with E-state index in [1.54, 1.807) is 29.2 Å². The van der Waals surface area contributed by atoms with Crippen molar-refractivity contribution in [1.82, 2.24) is 9.91 Å². The molecule has 162 valence electrons. The molecular weight excluding hydrogens is 422 g/mol. The number of hydrogen-bond acceptors (Lipinski definition) is 8. The molecule has 3 aliphatic rings. The zero-order valence-electron chi connectivity index (χ0n) is 17.1. The summed E-state index contributed by atoms with van der Waals surface area (Å²) in [4.78, 5) is 30.8. The number of carbonyl (C=O) groups is 2. The normalized spacial score (nSPS) is 19.9. The molecule has 31 heavy (non-hydrogen) atoms. The number of amides is 2. The van der Waals surface area contributed by atoms with E-state index >= 15 is 0 Å². The first-order valence-electron chi connectivity index (χ1n) is 9.57. The van der Waals surface area contributed by atoms with E-state index < -0.39 is 5.91 Å². The van der Waals surface area contributed by atoms with Crippen molar-refractivity contribution in [3.05, 3.63) is 29.3 Å². The number of morpholine rings is 1. The minimum Gasteiger partial charge on any atom is -0.493 e. The van der Waals surface area contributed by atoms with E-state index in [9.17, 15) is 9.59 Å². The Bertz CT molecular complexity index is 1030. The Morgan fingerprint density at radius 1 is 1.26 bits per heavy atom. The lowest BCUT2D eigenvalue weighted by atomic mass is 10.1. The monoisotopic (exact) mass is 443 g/mol. The Labute approximate surface area is 183 Å². The maximum atomic E-state index is 12.6. The molecule has 0 atom stereocenters. The van der Waals surface area contributed by atoms with Crippen LogP contribution in [0.3, 0.4) is 0 Å². The Balaban J connectivity index is 1.53. The van der Waals surface area contributed by atoms with E-state index in [1.807, 2.05) is 0 Å². The highest BCUT2D eigenvalue weighted by Gasteiger charge is 2.36. The maximum Gasteiger partial charge on any atom is 0.283 e. The van der Waals surface area contributed by atoms with Crippen LogP contribution >= 0.6 is 11.8 Å². The number of rotatable bonds is 5. The molecule has 1 aromatic carbocycles. The van der Waals surface area contributed by atoms with Crippen molar-refractivity contribution in [2.45, 2.75) is 6.42 Å². The summed E-state index contributed by atoms with van der Waals surface area (Å²) in [5.41, 5.74) is 0.754. The zero-order chi connectivity index (χ0) is 22.0. The first-order chi connectivity index (χ1) is 15.0. The van der Waals surface area contributed by atoms with Crippen molar-refractivity contribution in [2.24, 2.45) is 10.1 Å². The highest BCUT2D eigenvalue weighted by Crippen LogP contribution is 2.32. The molecule has 1 saturated heterocycles. The molecule has 0 spiro atoms. The first-order valence-corrected chi connectivity index (χ1v) is 10.4. The lowest BCUT2D eigenvalue weighted by Crippen LogP contribution is -2.41. The Morgan fingerprint density at radius 2 is 2.00 bits per heavy atom. The number of methoxy groups -OCH3 is 2. The van der Waals surface area contributed by atoms with Gasteiger partial charge in [-0.05, 0) is 35.5 Å². The fourth-order valence-electron chi connectivity index (χ4n) is 3.27. The summed E-state index contributed by atoms with van der Waals surface area (Å²) >= 11 is 1.14. The third kappa shape index (κ3) is 4.32. The second kappa shape index (κ2) is 8.90. The predicted octanol–water partition coefficient (Wildman–Crippen LogP) is 1.57. The number of nitrogens with one attached hydrogen (secondary N) is 1. The van der Waals surface area contributed by atoms with Gasteiger partial charge in [0.05, 0.1) is 39.4 Å². The molecule has 0 saturated carbocycles. The number of hydrazone groups is 1. The molecule has 0 aliphatic carbocycles. The van der Waals surface area contributed by atoms with Gasteiger partial charge in [0.15, 0.2) is 17.3 Å². The maximum absolute atomic E-state index is 12.6. The molecule has 0 aromatic heterocycles. The number of aliphatic imine (C=N–C) groups is 1. The van der Waals surface area contributed by atoms with Crippen LogP contribution in [0.4, 0.5) is 0 Å². The topological polar surface area (TPSA) is 117 Å². The van der Waals surface area contributed by atoms with E-state index in [2.05, 4.69) is 10.1 Å². The number of ether oxygens (including phenoxy) is 3. The average Bonchev–Trinajstić information content (AvgIpc) is 3.19. The molecule has 4 rings (SSSR count). The number of benzene rings is 1. The van der Waals surface area contributed by atoms with Gasteiger partial charge in [-0.3, -0.25) is 15.0 Å². The van der Waals surface area contributed by atoms with Crippen LogP contribution in [-0.2, 0) is 14.3 Å². The van der Waals surface area contributed by atoms with Crippen LogP contribution in [0.1, 0.15) is 12.0 Å². The summed E-state index contributed by atoms with van der Waals surface area (Å²) in [6.45, 7) is 2.14. The summed E-state index contributed by atoms with van der Waals surface area (Å²) < 4.78 is 15.8. The predicted molar refractivity (Wildman–Crippen MR) is 117 cm³/mol. The fourth-order valence-corrected chi connectivity index (χ4v) is 4.14. The van der Waals surface area contributed by atoms with E-state index in [-0.39, 0.29) is 28.9 Å². The molecule has 1 N–H and O–H groups in total. The third-order valence-electron chi connectivity index (χ3n) is 4.88. The van der Waals surface area contributed by atoms with Crippen molar-refractivity contribution in [3.63, 3.8) is 0 Å². The minimum absolute atomic E-state index is 0.0612. The average molecular weight is 443 g/mol. The highest BCUT2D eigenvalue weighted by atomic mass is 32.2. The van der Waals surface area contributed by atoms with Gasteiger partial charge in [0.2, 0.25) is 11.1 Å². The van der Waals surface area contributed by atoms with Gasteiger partial charge in [-0.2, -0.15) is 15.1 Å². The molecule has 0 radical (unpaired) electrons. The Hall–Kier alpha value is -3.18. The number of amidine groups is 2. The third-order valence-corrected chi connectivity index (χ3v) is 5.79. The Kier molecular flexibility index (Phi) is 6.05. The van der Waals surface area contributed by atoms with Crippen LogP contribution in [0.5, 0.6) is 11.5 Å². The van der Waals surface area contributed by atoms with Crippen molar-refractivity contribution in [2.75, 3.05) is 40.5 Å². The molecule has 1 fully saturated rings. The smallest absolute Gasteiger partial charge is 0.283 e. The summed E-state index contributed by atoms with van der Waals surface area (Å²) in [6.07, 6.45) is 1.65. The van der Waals surface area contributed by atoms with Crippen molar-refractivity contribution < 1.29 is 23.8 Å². The van der Waals surface area contributed by atoms with Crippen LogP contribution in [-0.4, -0.2) is 78.3 Å². The number of thioether (sulfide) groups is 1. The van der Waals surface area contributed by atoms with Crippen LogP contribution in [0, 0.1) is 5.41 Å². The number of hydrogen-bond donors (Lipinski definition) is 1. The van der Waals surface area contributed by atoms with Crippen LogP contribution in [0.25, 0.3) is 6.08 Å². The quantitative estimate of drug-likeness (QED) is 0.687. The van der Waals surface area contributed by atoms with E-state index in [4.69, 9.17) is 19.6 Å². The lowest BCUT2D eigenvalue weighted by molar-refractivity contribution is -0.133. The van der Waals surface area contributed by atoms with E-state index in [1.165, 1.54) is 19.2 Å². The SMILES string of the molecule is COc1ccc(/C=C2\C(=N)N3N=C(CC(=O)N4CCOCC4)SC3=NC2=O)cc1OC. The molecule has 2 amide bonds. The molecule has 3 heterocycles. The van der Waals surface area contributed by atoms with Crippen LogP contribution in [0.2, 0.25) is 0 Å². The fraction of sp³-hybridized carbons (Fsp3) is 0.350. The van der Waals surface area contributed by atoms with Gasteiger partial charge >= 0.3 is 0 Å². The lowest BCUT2D eigenvalue weighted by Gasteiger charge is -2.26. The minimum atomic E-state index is -0.533. The number of nitrogens with zero attached hydrogens (tertiary/aromatic N) is 4. The van der Waals surface area contributed by atoms with Crippen molar-refractivity contribution in [1.29, 1.82) is 5.41 Å². The summed E-state index contributed by atoms with van der Waals surface area (Å²) in [6, 6.07) is 5.18. The second-order valence-corrected chi connectivity index (χ2v) is 7.84. The van der Waals surface area contributed by atoms with Gasteiger partial charge in [-0.15, -0.1) is 0 Å². The standard InChI is InChI=1S/C20H21N5O5S/c1-28-14-4-3-12(10-15(14)29-2)9-13-18(21)25-20(22-19(13)27)31-16(23-25)11-17(26)24-5-7-30-8-6-24/h3-4,9-10,21H,5-8,11H2,1-2H3/b13-9+,21-18?. The molecule has 11 heteroatoms. The second-order valence-electron chi connectivity index (χ2n) is 6.80. The van der Waals surface area contributed by atoms with Gasteiger partial charge in [0.25, 0.3) is 5.91 Å². The molecule has 1 aromatic rings. The van der Waals surface area contributed by atoms with Gasteiger partial charge in [-0.25, -0.2) is 0 Å². The van der Waals surface area contributed by atoms with Gasteiger partial charge in [-0.1, -0.05) is 6.07 Å². The number of fused-ring (bicyclic) bond motifs is 1. The summed E-state index contributed by atoms with van der Waals surface area (Å²) in [5.74, 6) is 0.383. The van der Waals surface area contributed by atoms with Gasteiger partial charge in [0.1, 0.15) is 5.04 Å². The van der Waals surface area contributed by atoms with Crippen LogP contribution < -0.4 is 9.47 Å². The molecule has 0 unspecified atom stereocenters. The van der Waals surface area contributed by atoms with Crippen molar-refractivity contribution >= 4 is 45.7 Å². The zero-order valence-corrected chi connectivity index (χ0v) is 17.9.